The molecule has 0 spiro atoms. The van der Waals surface area contributed by atoms with Crippen molar-refractivity contribution in [2.45, 2.75) is 39.0 Å². The van der Waals surface area contributed by atoms with Crippen molar-refractivity contribution in [2.24, 2.45) is 5.92 Å². The van der Waals surface area contributed by atoms with Crippen LogP contribution in [0, 0.1) is 5.92 Å². The standard InChI is InChI=1S/C18H23N3O2/c1-13-6-5-11-21(12-13)17(22)10-4-9-16-19-15-8-3-2-7-14(15)18(23)20-16/h2-3,7-8,13H,4-6,9-12H2,1H3,(H,19,20,23). The summed E-state index contributed by atoms with van der Waals surface area (Å²) >= 11 is 0. The van der Waals surface area contributed by atoms with Gasteiger partial charge >= 0.3 is 0 Å². The van der Waals surface area contributed by atoms with Crippen LogP contribution in [0.3, 0.4) is 0 Å². The highest BCUT2D eigenvalue weighted by Crippen LogP contribution is 2.17. The molecule has 1 aliphatic rings. The van der Waals surface area contributed by atoms with Gasteiger partial charge in [-0.05, 0) is 37.3 Å². The molecule has 1 aromatic heterocycles. The van der Waals surface area contributed by atoms with Crippen molar-refractivity contribution < 1.29 is 4.79 Å². The molecule has 2 heterocycles. The summed E-state index contributed by atoms with van der Waals surface area (Å²) in [6.45, 7) is 3.96. The van der Waals surface area contributed by atoms with E-state index in [1.54, 1.807) is 6.07 Å². The average Bonchev–Trinajstić information content (AvgIpc) is 2.55. The molecule has 5 nitrogen and oxygen atoms in total. The zero-order valence-corrected chi connectivity index (χ0v) is 13.5. The van der Waals surface area contributed by atoms with Gasteiger partial charge in [-0.15, -0.1) is 0 Å². The number of aromatic amines is 1. The molecule has 1 saturated heterocycles. The van der Waals surface area contributed by atoms with Gasteiger partial charge in [0, 0.05) is 25.9 Å². The Bertz CT molecular complexity index is 753. The van der Waals surface area contributed by atoms with E-state index in [2.05, 4.69) is 16.9 Å². The summed E-state index contributed by atoms with van der Waals surface area (Å²) in [7, 11) is 0. The molecule has 1 amide bonds. The quantitative estimate of drug-likeness (QED) is 0.943. The van der Waals surface area contributed by atoms with Crippen LogP contribution in [0.2, 0.25) is 0 Å². The van der Waals surface area contributed by atoms with Crippen molar-refractivity contribution in [2.75, 3.05) is 13.1 Å². The zero-order valence-electron chi connectivity index (χ0n) is 13.5. The summed E-state index contributed by atoms with van der Waals surface area (Å²) in [6, 6.07) is 7.32. The van der Waals surface area contributed by atoms with Crippen LogP contribution in [0.15, 0.2) is 29.1 Å². The highest BCUT2D eigenvalue weighted by Gasteiger charge is 2.20. The van der Waals surface area contributed by atoms with Crippen LogP contribution in [-0.2, 0) is 11.2 Å². The Morgan fingerprint density at radius 1 is 1.39 bits per heavy atom. The topological polar surface area (TPSA) is 66.1 Å². The lowest BCUT2D eigenvalue weighted by Crippen LogP contribution is -2.39. The second-order valence-corrected chi connectivity index (χ2v) is 6.47. The van der Waals surface area contributed by atoms with Crippen molar-refractivity contribution in [3.8, 4) is 0 Å². The average molecular weight is 313 g/mol. The Kier molecular flexibility index (Phi) is 4.74. The molecule has 5 heteroatoms. The minimum Gasteiger partial charge on any atom is -0.342 e. The van der Waals surface area contributed by atoms with Crippen molar-refractivity contribution in [3.05, 3.63) is 40.4 Å². The van der Waals surface area contributed by atoms with E-state index >= 15 is 0 Å². The molecule has 2 aromatic rings. The smallest absolute Gasteiger partial charge is 0.258 e. The first-order valence-corrected chi connectivity index (χ1v) is 8.39. The van der Waals surface area contributed by atoms with Crippen LogP contribution in [0.5, 0.6) is 0 Å². The number of fused-ring (bicyclic) bond motifs is 1. The maximum Gasteiger partial charge on any atom is 0.258 e. The van der Waals surface area contributed by atoms with Crippen LogP contribution < -0.4 is 5.56 Å². The van der Waals surface area contributed by atoms with E-state index in [0.717, 1.165) is 19.5 Å². The van der Waals surface area contributed by atoms with Gasteiger partial charge in [-0.25, -0.2) is 4.98 Å². The predicted molar refractivity (Wildman–Crippen MR) is 90.3 cm³/mol. The van der Waals surface area contributed by atoms with E-state index in [-0.39, 0.29) is 11.5 Å². The Morgan fingerprint density at radius 2 is 2.22 bits per heavy atom. The summed E-state index contributed by atoms with van der Waals surface area (Å²) in [6.07, 6.45) is 4.17. The monoisotopic (exact) mass is 313 g/mol. The minimum atomic E-state index is -0.109. The molecule has 1 aromatic carbocycles. The normalized spacial score (nSPS) is 18.3. The van der Waals surface area contributed by atoms with Gasteiger partial charge in [0.25, 0.3) is 5.56 Å². The summed E-state index contributed by atoms with van der Waals surface area (Å²) in [4.78, 5) is 33.5. The molecular weight excluding hydrogens is 290 g/mol. The molecule has 1 fully saturated rings. The number of hydrogen-bond acceptors (Lipinski definition) is 3. The van der Waals surface area contributed by atoms with Gasteiger partial charge in [0.1, 0.15) is 5.82 Å². The first-order valence-electron chi connectivity index (χ1n) is 8.39. The van der Waals surface area contributed by atoms with Gasteiger partial charge in [-0.2, -0.15) is 0 Å². The first-order chi connectivity index (χ1) is 11.1. The van der Waals surface area contributed by atoms with E-state index < -0.39 is 0 Å². The number of nitrogens with one attached hydrogen (secondary N) is 1. The number of aromatic nitrogens is 2. The summed E-state index contributed by atoms with van der Waals surface area (Å²) < 4.78 is 0. The molecular formula is C18H23N3O2. The number of rotatable bonds is 4. The maximum atomic E-state index is 12.2. The van der Waals surface area contributed by atoms with E-state index in [4.69, 9.17) is 0 Å². The van der Waals surface area contributed by atoms with Gasteiger partial charge in [-0.3, -0.25) is 9.59 Å². The largest absolute Gasteiger partial charge is 0.342 e. The molecule has 0 radical (unpaired) electrons. The maximum absolute atomic E-state index is 12.2. The number of benzene rings is 1. The summed E-state index contributed by atoms with van der Waals surface area (Å²) in [5.41, 5.74) is 0.601. The molecule has 1 aliphatic heterocycles. The van der Waals surface area contributed by atoms with Crippen molar-refractivity contribution in [1.29, 1.82) is 0 Å². The number of piperidine rings is 1. The Balaban J connectivity index is 1.58. The third-order valence-electron chi connectivity index (χ3n) is 4.48. The number of nitrogens with zero attached hydrogens (tertiary/aromatic N) is 2. The van der Waals surface area contributed by atoms with Crippen molar-refractivity contribution in [1.82, 2.24) is 14.9 Å². The Morgan fingerprint density at radius 3 is 3.04 bits per heavy atom. The SMILES string of the molecule is CC1CCCN(C(=O)CCCc2nc3ccccc3c(=O)[nH]2)C1. The van der Waals surface area contributed by atoms with Crippen molar-refractivity contribution >= 4 is 16.8 Å². The van der Waals surface area contributed by atoms with E-state index in [1.165, 1.54) is 6.42 Å². The minimum absolute atomic E-state index is 0.109. The molecule has 23 heavy (non-hydrogen) atoms. The first kappa shape index (κ1) is 15.7. The van der Waals surface area contributed by atoms with Gasteiger partial charge < -0.3 is 9.88 Å². The second-order valence-electron chi connectivity index (χ2n) is 6.47. The van der Waals surface area contributed by atoms with Crippen LogP contribution in [0.25, 0.3) is 10.9 Å². The van der Waals surface area contributed by atoms with Crippen molar-refractivity contribution in [3.63, 3.8) is 0 Å². The van der Waals surface area contributed by atoms with E-state index in [0.29, 0.717) is 41.9 Å². The number of carbonyl (C=O) groups is 1. The van der Waals surface area contributed by atoms with Gasteiger partial charge in [0.15, 0.2) is 0 Å². The zero-order chi connectivity index (χ0) is 16.2. The number of H-pyrrole nitrogens is 1. The third-order valence-corrected chi connectivity index (χ3v) is 4.48. The number of para-hydroxylation sites is 1. The number of amides is 1. The third kappa shape index (κ3) is 3.78. The lowest BCUT2D eigenvalue weighted by molar-refractivity contribution is -0.132. The molecule has 1 N–H and O–H groups in total. The van der Waals surface area contributed by atoms with Gasteiger partial charge in [0.2, 0.25) is 5.91 Å². The highest BCUT2D eigenvalue weighted by molar-refractivity contribution is 5.77. The van der Waals surface area contributed by atoms with Gasteiger partial charge in [0.05, 0.1) is 10.9 Å². The molecule has 3 rings (SSSR count). The fourth-order valence-corrected chi connectivity index (χ4v) is 3.23. The van der Waals surface area contributed by atoms with Gasteiger partial charge in [-0.1, -0.05) is 19.1 Å². The Labute approximate surface area is 135 Å². The summed E-state index contributed by atoms with van der Waals surface area (Å²) in [5.74, 6) is 1.49. The second kappa shape index (κ2) is 6.94. The number of hydrogen-bond donors (Lipinski definition) is 1. The van der Waals surface area contributed by atoms with Crippen LogP contribution in [0.4, 0.5) is 0 Å². The van der Waals surface area contributed by atoms with Crippen LogP contribution >= 0.6 is 0 Å². The molecule has 0 bridgehead atoms. The lowest BCUT2D eigenvalue weighted by Gasteiger charge is -2.31. The fraction of sp³-hybridized carbons (Fsp3) is 0.500. The number of carbonyl (C=O) groups excluding carboxylic acids is 1. The molecule has 1 unspecified atom stereocenters. The highest BCUT2D eigenvalue weighted by atomic mass is 16.2. The molecule has 1 atom stereocenters. The lowest BCUT2D eigenvalue weighted by atomic mass is 10.00. The molecule has 0 saturated carbocycles. The van der Waals surface area contributed by atoms with Crippen LogP contribution in [-0.4, -0.2) is 33.9 Å². The van der Waals surface area contributed by atoms with Crippen LogP contribution in [0.1, 0.15) is 38.4 Å². The predicted octanol–water partition coefficient (Wildman–Crippen LogP) is 2.50. The Hall–Kier alpha value is -2.17. The van der Waals surface area contributed by atoms with E-state index in [9.17, 15) is 9.59 Å². The number of aryl methyl sites for hydroxylation is 1. The number of likely N-dealkylation sites (tertiary alicyclic amines) is 1. The van der Waals surface area contributed by atoms with E-state index in [1.807, 2.05) is 23.1 Å². The molecule has 0 aliphatic carbocycles. The molecule has 122 valence electrons. The summed E-state index contributed by atoms with van der Waals surface area (Å²) in [5, 5.41) is 0.606. The fourth-order valence-electron chi connectivity index (χ4n) is 3.23.